The van der Waals surface area contributed by atoms with E-state index in [1.807, 2.05) is 30.3 Å². The van der Waals surface area contributed by atoms with Crippen LogP contribution in [-0.2, 0) is 0 Å². The summed E-state index contributed by atoms with van der Waals surface area (Å²) in [6.45, 7) is 4.00. The second kappa shape index (κ2) is 6.51. The van der Waals surface area contributed by atoms with Crippen LogP contribution in [-0.4, -0.2) is 23.1 Å². The van der Waals surface area contributed by atoms with Crippen molar-refractivity contribution in [2.45, 2.75) is 12.8 Å². The highest BCUT2D eigenvalue weighted by Crippen LogP contribution is 2.30. The van der Waals surface area contributed by atoms with E-state index in [-0.39, 0.29) is 2.85 Å². The zero-order valence-electron chi connectivity index (χ0n) is 13.2. The summed E-state index contributed by atoms with van der Waals surface area (Å²) in [6.07, 6.45) is 0. The Morgan fingerprint density at radius 1 is 1.21 bits per heavy atom. The van der Waals surface area contributed by atoms with Crippen LogP contribution in [0.5, 0.6) is 0 Å². The molecule has 0 unspecified atom stereocenters. The largest absolute Gasteiger partial charge is 0.332 e. The normalized spacial score (nSPS) is 14.4. The molecule has 0 bridgehead atoms. The highest BCUT2D eigenvalue weighted by Gasteiger charge is 2.22. The summed E-state index contributed by atoms with van der Waals surface area (Å²) in [5.41, 5.74) is 1.91. The van der Waals surface area contributed by atoms with E-state index in [4.69, 9.17) is 16.6 Å². The number of aryl methyl sites for hydroxylation is 1. The van der Waals surface area contributed by atoms with Crippen LogP contribution >= 0.6 is 22.9 Å². The average Bonchev–Trinajstić information content (AvgIpc) is 2.91. The van der Waals surface area contributed by atoms with Crippen LogP contribution in [0.25, 0.3) is 11.4 Å². The Balaban J connectivity index is 0.00000121. The molecule has 1 aliphatic rings. The van der Waals surface area contributed by atoms with Gasteiger partial charge in [-0.1, -0.05) is 23.7 Å². The van der Waals surface area contributed by atoms with Crippen molar-refractivity contribution in [1.29, 1.82) is 0 Å². The van der Waals surface area contributed by atoms with Crippen molar-refractivity contribution in [3.8, 4) is 11.4 Å². The molecule has 0 amide bonds. The molecule has 126 valence electrons. The van der Waals surface area contributed by atoms with E-state index in [9.17, 15) is 0 Å². The lowest BCUT2D eigenvalue weighted by Gasteiger charge is -2.27. The molecule has 6 heteroatoms. The Morgan fingerprint density at radius 3 is 2.71 bits per heavy atom. The van der Waals surface area contributed by atoms with Crippen molar-refractivity contribution in [2.75, 3.05) is 18.4 Å². The summed E-state index contributed by atoms with van der Waals surface area (Å²) in [4.78, 5) is 10.7. The minimum absolute atomic E-state index is 0. The van der Waals surface area contributed by atoms with Crippen molar-refractivity contribution in [3.63, 3.8) is 0 Å². The van der Waals surface area contributed by atoms with Crippen molar-refractivity contribution in [1.82, 2.24) is 15.3 Å². The number of nitrogens with one attached hydrogen (secondary N) is 2. The van der Waals surface area contributed by atoms with Crippen LogP contribution in [0.15, 0.2) is 42.5 Å². The average molecular weight is 361 g/mol. The lowest BCUT2D eigenvalue weighted by molar-refractivity contribution is 0.440. The highest BCUT2D eigenvalue weighted by atomic mass is 35.5. The van der Waals surface area contributed by atoms with Crippen molar-refractivity contribution in [3.05, 3.63) is 58.1 Å². The first-order valence-corrected chi connectivity index (χ1v) is 9.06. The molecule has 24 heavy (non-hydrogen) atoms. The zero-order valence-corrected chi connectivity index (χ0v) is 14.8. The Kier molecular flexibility index (Phi) is 4.22. The fraction of sp³-hybridized carbons (Fsp3) is 0.222. The van der Waals surface area contributed by atoms with E-state index in [0.29, 0.717) is 16.8 Å². The minimum atomic E-state index is 0. The van der Waals surface area contributed by atoms with Gasteiger partial charge in [0.25, 0.3) is 0 Å². The standard InChI is InChI=1S/C18H17ClN4S.2H2/c1-11-6-7-17(24-11)22-16-8-15(12-9-20-10-12)21-18(23-16)13-4-2-3-5-14(13)19;;/h2-8,12,20H,9-10H2,1H3,(H,21,22,23);2*1H. The van der Waals surface area contributed by atoms with Crippen LogP contribution in [0.2, 0.25) is 5.02 Å². The second-order valence-electron chi connectivity index (χ2n) is 5.87. The summed E-state index contributed by atoms with van der Waals surface area (Å²) in [5.74, 6) is 1.91. The molecule has 1 saturated heterocycles. The number of hydrogen-bond donors (Lipinski definition) is 2. The molecule has 0 aliphatic carbocycles. The van der Waals surface area contributed by atoms with Crippen molar-refractivity contribution < 1.29 is 2.85 Å². The summed E-state index contributed by atoms with van der Waals surface area (Å²) >= 11 is 8.06. The third-order valence-electron chi connectivity index (χ3n) is 4.05. The molecule has 2 aromatic heterocycles. The molecule has 4 rings (SSSR count). The van der Waals surface area contributed by atoms with Gasteiger partial charge in [-0.15, -0.1) is 11.3 Å². The fourth-order valence-electron chi connectivity index (χ4n) is 2.63. The van der Waals surface area contributed by atoms with Gasteiger partial charge >= 0.3 is 0 Å². The number of rotatable bonds is 4. The van der Waals surface area contributed by atoms with E-state index < -0.39 is 0 Å². The maximum absolute atomic E-state index is 6.34. The number of aromatic nitrogens is 2. The van der Waals surface area contributed by atoms with Gasteiger partial charge in [0.1, 0.15) is 5.82 Å². The van der Waals surface area contributed by atoms with E-state index in [1.54, 1.807) is 11.3 Å². The number of benzene rings is 1. The molecule has 1 fully saturated rings. The van der Waals surface area contributed by atoms with Crippen LogP contribution < -0.4 is 10.6 Å². The highest BCUT2D eigenvalue weighted by molar-refractivity contribution is 7.16. The first kappa shape index (κ1) is 15.6. The van der Waals surface area contributed by atoms with Gasteiger partial charge in [-0.3, -0.25) is 0 Å². The van der Waals surface area contributed by atoms with Crippen molar-refractivity contribution >= 4 is 33.8 Å². The van der Waals surface area contributed by atoms with Gasteiger partial charge < -0.3 is 10.6 Å². The third-order valence-corrected chi connectivity index (χ3v) is 5.30. The van der Waals surface area contributed by atoms with E-state index in [0.717, 1.165) is 35.2 Å². The van der Waals surface area contributed by atoms with Crippen LogP contribution in [0.3, 0.4) is 0 Å². The molecule has 3 aromatic rings. The van der Waals surface area contributed by atoms with Crippen LogP contribution in [0.4, 0.5) is 10.8 Å². The number of hydrogen-bond acceptors (Lipinski definition) is 5. The van der Waals surface area contributed by atoms with Gasteiger partial charge in [0.05, 0.1) is 15.7 Å². The zero-order chi connectivity index (χ0) is 16.5. The second-order valence-corrected chi connectivity index (χ2v) is 7.57. The summed E-state index contributed by atoms with van der Waals surface area (Å²) in [6, 6.07) is 13.9. The van der Waals surface area contributed by atoms with Gasteiger partial charge in [0.2, 0.25) is 0 Å². The van der Waals surface area contributed by atoms with Crippen molar-refractivity contribution in [2.24, 2.45) is 0 Å². The Morgan fingerprint density at radius 2 is 2.04 bits per heavy atom. The maximum Gasteiger partial charge on any atom is 0.163 e. The van der Waals surface area contributed by atoms with Gasteiger partial charge in [0.15, 0.2) is 5.82 Å². The number of thiophene rings is 1. The molecule has 0 atom stereocenters. The summed E-state index contributed by atoms with van der Waals surface area (Å²) in [7, 11) is 0. The topological polar surface area (TPSA) is 49.8 Å². The fourth-order valence-corrected chi connectivity index (χ4v) is 3.62. The molecule has 3 heterocycles. The molecule has 0 radical (unpaired) electrons. The van der Waals surface area contributed by atoms with E-state index >= 15 is 0 Å². The monoisotopic (exact) mass is 360 g/mol. The number of nitrogens with zero attached hydrogens (tertiary/aromatic N) is 2. The van der Waals surface area contributed by atoms with E-state index in [2.05, 4.69) is 34.7 Å². The molecular formula is C18H21ClN4S. The summed E-state index contributed by atoms with van der Waals surface area (Å²) < 4.78 is 0. The third kappa shape index (κ3) is 3.15. The first-order valence-electron chi connectivity index (χ1n) is 7.87. The Labute approximate surface area is 152 Å². The SMILES string of the molecule is Cc1ccc(Nc2cc(C3CNC3)nc(-c3ccccc3Cl)n2)s1.[HH].[HH]. The molecule has 4 nitrogen and oxygen atoms in total. The molecule has 0 saturated carbocycles. The van der Waals surface area contributed by atoms with E-state index in [1.165, 1.54) is 4.88 Å². The molecule has 0 spiro atoms. The molecule has 2 N–H and O–H groups in total. The molecule has 1 aliphatic heterocycles. The summed E-state index contributed by atoms with van der Waals surface area (Å²) in [5, 5.41) is 8.44. The van der Waals surface area contributed by atoms with Crippen LogP contribution in [0, 0.1) is 6.92 Å². The smallest absolute Gasteiger partial charge is 0.163 e. The Hall–Kier alpha value is -1.95. The lowest BCUT2D eigenvalue weighted by Crippen LogP contribution is -2.40. The molecule has 1 aromatic carbocycles. The predicted octanol–water partition coefficient (Wildman–Crippen LogP) is 5.09. The first-order chi connectivity index (χ1) is 11.7. The van der Waals surface area contributed by atoms with Gasteiger partial charge in [-0.05, 0) is 31.2 Å². The Bertz CT molecular complexity index is 883. The molecular weight excluding hydrogens is 340 g/mol. The van der Waals surface area contributed by atoms with Crippen LogP contribution in [0.1, 0.15) is 19.3 Å². The van der Waals surface area contributed by atoms with Gasteiger partial charge in [-0.2, -0.15) is 0 Å². The number of halogens is 1. The van der Waals surface area contributed by atoms with Gasteiger partial charge in [0, 0.05) is 38.4 Å². The predicted molar refractivity (Wildman–Crippen MR) is 105 cm³/mol. The quantitative estimate of drug-likeness (QED) is 0.680. The number of anilines is 2. The lowest BCUT2D eigenvalue weighted by atomic mass is 9.99. The van der Waals surface area contributed by atoms with Gasteiger partial charge in [-0.25, -0.2) is 9.97 Å². The maximum atomic E-state index is 6.34. The minimum Gasteiger partial charge on any atom is -0.332 e.